The summed E-state index contributed by atoms with van der Waals surface area (Å²) in [6, 6.07) is 22.5. The van der Waals surface area contributed by atoms with Gasteiger partial charge < -0.3 is 5.32 Å². The van der Waals surface area contributed by atoms with Gasteiger partial charge in [0.2, 0.25) is 0 Å². The predicted octanol–water partition coefficient (Wildman–Crippen LogP) is 6.23. The molecule has 0 saturated heterocycles. The molecule has 0 saturated carbocycles. The highest BCUT2D eigenvalue weighted by Crippen LogP contribution is 2.21. The quantitative estimate of drug-likeness (QED) is 0.387. The largest absolute Gasteiger partial charge is 0.352 e. The summed E-state index contributed by atoms with van der Waals surface area (Å²) < 4.78 is 0. The zero-order chi connectivity index (χ0) is 21.0. The number of nitrogens with zero attached hydrogens (tertiary/aromatic N) is 1. The Bertz CT molecular complexity index is 886. The summed E-state index contributed by atoms with van der Waals surface area (Å²) in [7, 11) is 0. The number of amides is 1. The Morgan fingerprint density at radius 2 is 1.50 bits per heavy atom. The van der Waals surface area contributed by atoms with Gasteiger partial charge in [0.1, 0.15) is 0 Å². The van der Waals surface area contributed by atoms with E-state index < -0.39 is 0 Å². The normalized spacial score (nSPS) is 10.7. The topological polar surface area (TPSA) is 42.0 Å². The van der Waals surface area contributed by atoms with Crippen LogP contribution in [0.4, 0.5) is 0 Å². The van der Waals surface area contributed by atoms with Crippen LogP contribution >= 0.6 is 0 Å². The van der Waals surface area contributed by atoms with Crippen LogP contribution in [0.3, 0.4) is 0 Å². The molecule has 0 spiro atoms. The van der Waals surface area contributed by atoms with Crippen LogP contribution in [0.25, 0.3) is 11.1 Å². The van der Waals surface area contributed by atoms with Crippen molar-refractivity contribution in [2.24, 2.45) is 0 Å². The highest BCUT2D eigenvalue weighted by Gasteiger charge is 2.06. The zero-order valence-corrected chi connectivity index (χ0v) is 17.9. The van der Waals surface area contributed by atoms with E-state index in [4.69, 9.17) is 0 Å². The lowest BCUT2D eigenvalue weighted by atomic mass is 10.00. The summed E-state index contributed by atoms with van der Waals surface area (Å²) in [6.45, 7) is 2.83. The predicted molar refractivity (Wildman–Crippen MR) is 125 cm³/mol. The van der Waals surface area contributed by atoms with E-state index in [9.17, 15) is 4.79 Å². The average molecular weight is 401 g/mol. The van der Waals surface area contributed by atoms with Crippen LogP contribution in [0.15, 0.2) is 72.9 Å². The van der Waals surface area contributed by atoms with Gasteiger partial charge in [-0.05, 0) is 53.8 Å². The molecule has 3 aromatic rings. The van der Waals surface area contributed by atoms with Gasteiger partial charge in [-0.25, -0.2) is 0 Å². The summed E-state index contributed by atoms with van der Waals surface area (Å²) in [6.07, 6.45) is 10.2. The van der Waals surface area contributed by atoms with E-state index in [0.29, 0.717) is 12.1 Å². The molecule has 1 amide bonds. The molecule has 3 rings (SSSR count). The molecule has 30 heavy (non-hydrogen) atoms. The third-order valence-corrected chi connectivity index (χ3v) is 5.40. The molecule has 1 N–H and O–H groups in total. The number of hydrogen-bond donors (Lipinski definition) is 1. The number of aromatic nitrogens is 1. The molecule has 0 aliphatic rings. The minimum Gasteiger partial charge on any atom is -0.352 e. The lowest BCUT2D eigenvalue weighted by molar-refractivity contribution is 0.0954. The molecule has 156 valence electrons. The van der Waals surface area contributed by atoms with Crippen molar-refractivity contribution in [2.75, 3.05) is 6.54 Å². The second-order valence-corrected chi connectivity index (χ2v) is 7.77. The number of aryl methyl sites for hydroxylation is 1. The Morgan fingerprint density at radius 1 is 0.800 bits per heavy atom. The highest BCUT2D eigenvalue weighted by molar-refractivity contribution is 5.94. The zero-order valence-electron chi connectivity index (χ0n) is 17.9. The Balaban J connectivity index is 1.48. The molecule has 0 fully saturated rings. The molecule has 0 atom stereocenters. The van der Waals surface area contributed by atoms with E-state index in [1.807, 2.05) is 42.5 Å². The molecule has 0 radical (unpaired) electrons. The summed E-state index contributed by atoms with van der Waals surface area (Å²) in [5, 5.41) is 2.97. The lowest BCUT2D eigenvalue weighted by Gasteiger charge is -2.08. The van der Waals surface area contributed by atoms with Crippen molar-refractivity contribution in [3.63, 3.8) is 0 Å². The number of unbranched alkanes of at least 4 members (excludes halogenated alkanes) is 4. The molecule has 0 unspecified atom stereocenters. The Morgan fingerprint density at radius 3 is 2.17 bits per heavy atom. The minimum absolute atomic E-state index is 0.0455. The summed E-state index contributed by atoms with van der Waals surface area (Å²) in [5.74, 6) is -0.0455. The van der Waals surface area contributed by atoms with E-state index in [2.05, 4.69) is 41.5 Å². The van der Waals surface area contributed by atoms with Gasteiger partial charge in [-0.3, -0.25) is 9.78 Å². The SMILES string of the molecule is CCCCCCCc1ccc(-c2ccc(C(=O)NCCc3ccccn3)cc2)cc1. The van der Waals surface area contributed by atoms with Crippen molar-refractivity contribution in [1.82, 2.24) is 10.3 Å². The first-order chi connectivity index (χ1) is 14.8. The van der Waals surface area contributed by atoms with Crippen LogP contribution < -0.4 is 5.32 Å². The fraction of sp³-hybridized carbons (Fsp3) is 0.333. The number of hydrogen-bond acceptors (Lipinski definition) is 2. The van der Waals surface area contributed by atoms with Crippen LogP contribution in [-0.4, -0.2) is 17.4 Å². The van der Waals surface area contributed by atoms with Gasteiger partial charge in [-0.2, -0.15) is 0 Å². The molecular formula is C27H32N2O. The number of benzene rings is 2. The van der Waals surface area contributed by atoms with Crippen molar-refractivity contribution >= 4 is 5.91 Å². The third kappa shape index (κ3) is 6.84. The molecule has 2 aromatic carbocycles. The monoisotopic (exact) mass is 400 g/mol. The van der Waals surface area contributed by atoms with Crippen LogP contribution in [-0.2, 0) is 12.8 Å². The fourth-order valence-electron chi connectivity index (χ4n) is 3.56. The van der Waals surface area contributed by atoms with Gasteiger partial charge in [0, 0.05) is 30.4 Å². The molecule has 0 aliphatic heterocycles. The summed E-state index contributed by atoms with van der Waals surface area (Å²) >= 11 is 0. The van der Waals surface area contributed by atoms with E-state index >= 15 is 0 Å². The molecule has 1 heterocycles. The van der Waals surface area contributed by atoms with E-state index in [1.165, 1.54) is 43.2 Å². The third-order valence-electron chi connectivity index (χ3n) is 5.40. The maximum atomic E-state index is 12.4. The number of nitrogens with one attached hydrogen (secondary N) is 1. The van der Waals surface area contributed by atoms with Crippen LogP contribution in [0.1, 0.15) is 60.6 Å². The fourth-order valence-corrected chi connectivity index (χ4v) is 3.56. The number of carbonyl (C=O) groups is 1. The number of carbonyl (C=O) groups excluding carboxylic acids is 1. The minimum atomic E-state index is -0.0455. The van der Waals surface area contributed by atoms with Crippen molar-refractivity contribution in [1.29, 1.82) is 0 Å². The average Bonchev–Trinajstić information content (AvgIpc) is 2.80. The molecule has 3 heteroatoms. The first kappa shape index (κ1) is 21.8. The van der Waals surface area contributed by atoms with Crippen molar-refractivity contribution in [3.05, 3.63) is 89.7 Å². The van der Waals surface area contributed by atoms with Gasteiger partial charge in [-0.1, -0.05) is 75.1 Å². The lowest BCUT2D eigenvalue weighted by Crippen LogP contribution is -2.25. The standard InChI is InChI=1S/C27H32N2O/c1-2-3-4-5-6-9-22-11-13-23(14-12-22)24-15-17-25(18-16-24)27(30)29-21-19-26-10-7-8-20-28-26/h7-8,10-18,20H,2-6,9,19,21H2,1H3,(H,29,30). The number of pyridine rings is 1. The second-order valence-electron chi connectivity index (χ2n) is 7.77. The molecule has 1 aromatic heterocycles. The highest BCUT2D eigenvalue weighted by atomic mass is 16.1. The van der Waals surface area contributed by atoms with Gasteiger partial charge in [0.05, 0.1) is 0 Å². The van der Waals surface area contributed by atoms with Gasteiger partial charge in [0.25, 0.3) is 5.91 Å². The first-order valence-corrected chi connectivity index (χ1v) is 11.1. The Kier molecular flexibility index (Phi) is 8.64. The van der Waals surface area contributed by atoms with Gasteiger partial charge in [0.15, 0.2) is 0 Å². The van der Waals surface area contributed by atoms with Crippen LogP contribution in [0, 0.1) is 0 Å². The summed E-state index contributed by atoms with van der Waals surface area (Å²) in [4.78, 5) is 16.6. The van der Waals surface area contributed by atoms with E-state index in [1.54, 1.807) is 6.20 Å². The van der Waals surface area contributed by atoms with Crippen LogP contribution in [0.5, 0.6) is 0 Å². The Labute approximate surface area is 180 Å². The maximum Gasteiger partial charge on any atom is 0.251 e. The van der Waals surface area contributed by atoms with E-state index in [-0.39, 0.29) is 5.91 Å². The van der Waals surface area contributed by atoms with Crippen molar-refractivity contribution < 1.29 is 4.79 Å². The van der Waals surface area contributed by atoms with E-state index in [0.717, 1.165) is 24.1 Å². The van der Waals surface area contributed by atoms with Gasteiger partial charge in [-0.15, -0.1) is 0 Å². The summed E-state index contributed by atoms with van der Waals surface area (Å²) in [5.41, 5.74) is 5.39. The first-order valence-electron chi connectivity index (χ1n) is 11.1. The molecule has 0 aliphatic carbocycles. The smallest absolute Gasteiger partial charge is 0.251 e. The van der Waals surface area contributed by atoms with Crippen molar-refractivity contribution in [2.45, 2.75) is 51.9 Å². The molecular weight excluding hydrogens is 368 g/mol. The molecule has 3 nitrogen and oxygen atoms in total. The Hall–Kier alpha value is -2.94. The van der Waals surface area contributed by atoms with Crippen molar-refractivity contribution in [3.8, 4) is 11.1 Å². The second kappa shape index (κ2) is 11.9. The molecule has 0 bridgehead atoms. The number of rotatable bonds is 11. The maximum absolute atomic E-state index is 12.4. The van der Waals surface area contributed by atoms with Crippen LogP contribution in [0.2, 0.25) is 0 Å². The van der Waals surface area contributed by atoms with Gasteiger partial charge >= 0.3 is 0 Å².